The lowest BCUT2D eigenvalue weighted by Crippen LogP contribution is -2.24. The lowest BCUT2D eigenvalue weighted by molar-refractivity contribution is -0.126. The maximum atomic E-state index is 12.2. The lowest BCUT2D eigenvalue weighted by Gasteiger charge is -2.11. The van der Waals surface area contributed by atoms with E-state index in [0.29, 0.717) is 18.0 Å². The number of carbonyl (C=O) groups is 2. The molecule has 0 spiro atoms. The number of hydrazone groups is 1. The molecule has 0 atom stereocenters. The summed E-state index contributed by atoms with van der Waals surface area (Å²) in [6.45, 7) is 4.61. The third-order valence-corrected chi connectivity index (χ3v) is 4.81. The number of para-hydroxylation sites is 1. The first-order valence-electron chi connectivity index (χ1n) is 10.4. The number of aryl methyl sites for hydroxylation is 1. The summed E-state index contributed by atoms with van der Waals surface area (Å²) >= 11 is 0. The topological polar surface area (TPSA) is 79.8 Å². The van der Waals surface area contributed by atoms with E-state index in [0.717, 1.165) is 34.7 Å². The van der Waals surface area contributed by atoms with Gasteiger partial charge in [-0.25, -0.2) is 5.43 Å². The number of anilines is 1. The fraction of sp³-hybridized carbons (Fsp3) is 0.240. The van der Waals surface area contributed by atoms with Crippen molar-refractivity contribution in [1.29, 1.82) is 0 Å². The van der Waals surface area contributed by atoms with Crippen molar-refractivity contribution >= 4 is 34.5 Å². The van der Waals surface area contributed by atoms with Gasteiger partial charge in [-0.15, -0.1) is 0 Å². The van der Waals surface area contributed by atoms with E-state index >= 15 is 0 Å². The molecule has 3 rings (SSSR count). The van der Waals surface area contributed by atoms with Crippen molar-refractivity contribution in [2.24, 2.45) is 5.10 Å². The largest absolute Gasteiger partial charge is 0.493 e. The molecule has 0 aromatic heterocycles. The van der Waals surface area contributed by atoms with Crippen LogP contribution in [0.15, 0.2) is 65.8 Å². The second kappa shape index (κ2) is 10.9. The van der Waals surface area contributed by atoms with Gasteiger partial charge in [0.15, 0.2) is 0 Å². The van der Waals surface area contributed by atoms with Crippen molar-refractivity contribution < 1.29 is 14.3 Å². The van der Waals surface area contributed by atoms with Crippen molar-refractivity contribution in [3.63, 3.8) is 0 Å². The van der Waals surface area contributed by atoms with E-state index in [2.05, 4.69) is 22.8 Å². The molecule has 0 radical (unpaired) electrons. The van der Waals surface area contributed by atoms with Crippen LogP contribution in [0.5, 0.6) is 5.75 Å². The van der Waals surface area contributed by atoms with Gasteiger partial charge in [-0.2, -0.15) is 5.10 Å². The lowest BCUT2D eigenvalue weighted by atomic mass is 10.0. The standard InChI is InChI=1S/C25H27N3O3/c1-3-4-15-31-23-14-13-19-10-6-7-11-20(19)21(23)17-26-28-25(30)16-24(29)27-22-12-8-5-9-18(22)2/h5-14,17H,3-4,15-16H2,1-2H3,(H,27,29)(H,28,30). The molecule has 0 saturated heterocycles. The Morgan fingerprint density at radius 1 is 1.00 bits per heavy atom. The number of ether oxygens (including phenoxy) is 1. The Morgan fingerprint density at radius 2 is 1.77 bits per heavy atom. The molecule has 31 heavy (non-hydrogen) atoms. The van der Waals surface area contributed by atoms with E-state index in [4.69, 9.17) is 4.74 Å². The van der Waals surface area contributed by atoms with Crippen LogP contribution in [0.2, 0.25) is 0 Å². The first-order chi connectivity index (χ1) is 15.1. The van der Waals surface area contributed by atoms with E-state index in [1.54, 1.807) is 12.3 Å². The number of unbranched alkanes of at least 4 members (excludes halogenated alkanes) is 1. The van der Waals surface area contributed by atoms with Crippen LogP contribution >= 0.6 is 0 Å². The van der Waals surface area contributed by atoms with E-state index < -0.39 is 11.8 Å². The molecule has 6 nitrogen and oxygen atoms in total. The summed E-state index contributed by atoms with van der Waals surface area (Å²) in [4.78, 5) is 24.3. The molecule has 3 aromatic rings. The van der Waals surface area contributed by atoms with Crippen molar-refractivity contribution in [2.75, 3.05) is 11.9 Å². The molecule has 0 saturated carbocycles. The van der Waals surface area contributed by atoms with Crippen LogP contribution in [-0.4, -0.2) is 24.6 Å². The second-order valence-corrected chi connectivity index (χ2v) is 7.23. The Kier molecular flexibility index (Phi) is 7.76. The highest BCUT2D eigenvalue weighted by atomic mass is 16.5. The minimum Gasteiger partial charge on any atom is -0.493 e. The number of rotatable bonds is 9. The highest BCUT2D eigenvalue weighted by Gasteiger charge is 2.11. The summed E-state index contributed by atoms with van der Waals surface area (Å²) in [5.74, 6) is -0.172. The summed E-state index contributed by atoms with van der Waals surface area (Å²) in [6.07, 6.45) is 3.25. The van der Waals surface area contributed by atoms with Gasteiger partial charge >= 0.3 is 0 Å². The van der Waals surface area contributed by atoms with Crippen LogP contribution in [-0.2, 0) is 9.59 Å². The number of nitrogens with zero attached hydrogens (tertiary/aromatic N) is 1. The summed E-state index contributed by atoms with van der Waals surface area (Å²) in [5.41, 5.74) is 4.85. The Bertz CT molecular complexity index is 1090. The Morgan fingerprint density at radius 3 is 2.58 bits per heavy atom. The normalized spacial score (nSPS) is 10.9. The minimum atomic E-state index is -0.490. The van der Waals surface area contributed by atoms with Gasteiger partial charge in [-0.3, -0.25) is 9.59 Å². The van der Waals surface area contributed by atoms with Gasteiger partial charge < -0.3 is 10.1 Å². The molecule has 0 aliphatic heterocycles. The molecule has 0 heterocycles. The van der Waals surface area contributed by atoms with Crippen LogP contribution in [0, 0.1) is 6.92 Å². The maximum absolute atomic E-state index is 12.2. The zero-order chi connectivity index (χ0) is 22.1. The Labute approximate surface area is 182 Å². The quantitative estimate of drug-likeness (QED) is 0.227. The number of carbonyl (C=O) groups excluding carboxylic acids is 2. The zero-order valence-electron chi connectivity index (χ0n) is 17.9. The van der Waals surface area contributed by atoms with Gasteiger partial charge in [0.05, 0.1) is 12.8 Å². The molecule has 0 aliphatic rings. The van der Waals surface area contributed by atoms with Gasteiger partial charge in [0.25, 0.3) is 0 Å². The second-order valence-electron chi connectivity index (χ2n) is 7.23. The average Bonchev–Trinajstić information content (AvgIpc) is 2.76. The van der Waals surface area contributed by atoms with Gasteiger partial charge in [0.1, 0.15) is 12.2 Å². The fourth-order valence-corrected chi connectivity index (χ4v) is 3.12. The number of hydrogen-bond acceptors (Lipinski definition) is 4. The number of amides is 2. The third-order valence-electron chi connectivity index (χ3n) is 4.81. The molecule has 160 valence electrons. The molecule has 0 fully saturated rings. The Balaban J connectivity index is 1.66. The maximum Gasteiger partial charge on any atom is 0.249 e. The summed E-state index contributed by atoms with van der Waals surface area (Å²) < 4.78 is 5.92. The first kappa shape index (κ1) is 22.0. The van der Waals surface area contributed by atoms with Gasteiger partial charge in [0.2, 0.25) is 11.8 Å². The van der Waals surface area contributed by atoms with Crippen LogP contribution in [0.4, 0.5) is 5.69 Å². The van der Waals surface area contributed by atoms with E-state index in [1.165, 1.54) is 0 Å². The monoisotopic (exact) mass is 417 g/mol. The smallest absolute Gasteiger partial charge is 0.249 e. The highest BCUT2D eigenvalue weighted by Crippen LogP contribution is 2.27. The van der Waals surface area contributed by atoms with Crippen molar-refractivity contribution in [3.05, 3.63) is 71.8 Å². The van der Waals surface area contributed by atoms with Crippen LogP contribution in [0.3, 0.4) is 0 Å². The minimum absolute atomic E-state index is 0.318. The van der Waals surface area contributed by atoms with E-state index in [1.807, 2.05) is 61.5 Å². The number of benzene rings is 3. The highest BCUT2D eigenvalue weighted by molar-refractivity contribution is 6.05. The molecule has 3 aromatic carbocycles. The van der Waals surface area contributed by atoms with Gasteiger partial charge in [-0.05, 0) is 41.8 Å². The van der Waals surface area contributed by atoms with Crippen LogP contribution in [0.1, 0.15) is 37.3 Å². The van der Waals surface area contributed by atoms with Crippen molar-refractivity contribution in [1.82, 2.24) is 5.43 Å². The van der Waals surface area contributed by atoms with Crippen molar-refractivity contribution in [2.45, 2.75) is 33.1 Å². The third kappa shape index (κ3) is 6.15. The number of fused-ring (bicyclic) bond motifs is 1. The Hall–Kier alpha value is -3.67. The fourth-order valence-electron chi connectivity index (χ4n) is 3.12. The molecular formula is C25H27N3O3. The molecule has 6 heteroatoms. The first-order valence-corrected chi connectivity index (χ1v) is 10.4. The zero-order valence-corrected chi connectivity index (χ0v) is 17.9. The van der Waals surface area contributed by atoms with E-state index in [-0.39, 0.29) is 6.42 Å². The SMILES string of the molecule is CCCCOc1ccc2ccccc2c1C=NNC(=O)CC(=O)Nc1ccccc1C. The summed E-state index contributed by atoms with van der Waals surface area (Å²) in [5, 5.41) is 8.84. The van der Waals surface area contributed by atoms with Gasteiger partial charge in [0, 0.05) is 11.3 Å². The summed E-state index contributed by atoms with van der Waals surface area (Å²) in [6, 6.07) is 19.2. The molecule has 0 bridgehead atoms. The van der Waals surface area contributed by atoms with Crippen LogP contribution in [0.25, 0.3) is 10.8 Å². The molecule has 2 amide bonds. The van der Waals surface area contributed by atoms with Crippen molar-refractivity contribution in [3.8, 4) is 5.75 Å². The predicted molar refractivity (Wildman–Crippen MR) is 125 cm³/mol. The summed E-state index contributed by atoms with van der Waals surface area (Å²) in [7, 11) is 0. The molecule has 0 unspecified atom stereocenters. The van der Waals surface area contributed by atoms with Crippen LogP contribution < -0.4 is 15.5 Å². The number of nitrogens with one attached hydrogen (secondary N) is 2. The molecular weight excluding hydrogens is 390 g/mol. The average molecular weight is 418 g/mol. The molecule has 2 N–H and O–H groups in total. The van der Waals surface area contributed by atoms with Gasteiger partial charge in [-0.1, -0.05) is 61.9 Å². The van der Waals surface area contributed by atoms with E-state index in [9.17, 15) is 9.59 Å². The molecule has 0 aliphatic carbocycles. The predicted octanol–water partition coefficient (Wildman–Crippen LogP) is 4.81. The number of hydrogen-bond donors (Lipinski definition) is 2.